The largest absolute Gasteiger partial charge is 0.495 e. The number of fused-ring (bicyclic) bond motifs is 1. The summed E-state index contributed by atoms with van der Waals surface area (Å²) in [6.07, 6.45) is 3.54. The fourth-order valence-electron chi connectivity index (χ4n) is 5.38. The molecule has 0 radical (unpaired) electrons. The number of anilines is 1. The van der Waals surface area contributed by atoms with Gasteiger partial charge in [0.25, 0.3) is 0 Å². The van der Waals surface area contributed by atoms with Crippen molar-refractivity contribution in [3.63, 3.8) is 0 Å². The highest BCUT2D eigenvalue weighted by atomic mass is 19.1. The van der Waals surface area contributed by atoms with Gasteiger partial charge in [0.15, 0.2) is 11.5 Å². The van der Waals surface area contributed by atoms with Crippen LogP contribution in [0.1, 0.15) is 46.0 Å². The van der Waals surface area contributed by atoms with Gasteiger partial charge in [-0.1, -0.05) is 17.3 Å². The minimum absolute atomic E-state index is 0.0111. The van der Waals surface area contributed by atoms with Crippen LogP contribution in [0.2, 0.25) is 0 Å². The van der Waals surface area contributed by atoms with Crippen molar-refractivity contribution in [2.24, 2.45) is 0 Å². The lowest BCUT2D eigenvalue weighted by Gasteiger charge is -2.39. The molecule has 1 atom stereocenters. The van der Waals surface area contributed by atoms with Crippen molar-refractivity contribution < 1.29 is 27.9 Å². The van der Waals surface area contributed by atoms with E-state index in [1.54, 1.807) is 26.4 Å². The smallest absolute Gasteiger partial charge is 0.223 e. The number of hydrogen-bond donors (Lipinski definition) is 1. The van der Waals surface area contributed by atoms with Gasteiger partial charge in [0.1, 0.15) is 17.8 Å². The summed E-state index contributed by atoms with van der Waals surface area (Å²) < 4.78 is 36.3. The molecular weight excluding hydrogens is 525 g/mol. The molecule has 214 valence electrons. The van der Waals surface area contributed by atoms with E-state index in [2.05, 4.69) is 5.16 Å². The van der Waals surface area contributed by atoms with Crippen LogP contribution in [0.3, 0.4) is 0 Å². The quantitative estimate of drug-likeness (QED) is 0.258. The summed E-state index contributed by atoms with van der Waals surface area (Å²) in [5.41, 5.74) is 11.9. The Kier molecular flexibility index (Phi) is 8.42. The van der Waals surface area contributed by atoms with E-state index in [0.29, 0.717) is 55.4 Å². The summed E-state index contributed by atoms with van der Waals surface area (Å²) in [5, 5.41) is 3.93. The third-order valence-corrected chi connectivity index (χ3v) is 7.53. The molecule has 0 saturated heterocycles. The number of halogens is 1. The van der Waals surface area contributed by atoms with Crippen LogP contribution in [0.5, 0.6) is 17.2 Å². The molecule has 1 aliphatic heterocycles. The first-order valence-electron chi connectivity index (χ1n) is 13.6. The van der Waals surface area contributed by atoms with E-state index in [9.17, 15) is 9.18 Å². The zero-order valence-electron chi connectivity index (χ0n) is 23.5. The predicted octanol–water partition coefficient (Wildman–Crippen LogP) is 5.45. The summed E-state index contributed by atoms with van der Waals surface area (Å²) in [5.74, 6) is 1.50. The normalized spacial score (nSPS) is 14.4. The molecule has 4 aromatic rings. The lowest BCUT2D eigenvalue weighted by molar-refractivity contribution is -0.133. The predicted molar refractivity (Wildman–Crippen MR) is 153 cm³/mol. The number of amides is 1. The van der Waals surface area contributed by atoms with Crippen LogP contribution in [0.25, 0.3) is 0 Å². The van der Waals surface area contributed by atoms with Gasteiger partial charge in [-0.25, -0.2) is 4.39 Å². The second-order valence-electron chi connectivity index (χ2n) is 10.1. The lowest BCUT2D eigenvalue weighted by atomic mass is 9.85. The van der Waals surface area contributed by atoms with E-state index in [1.165, 1.54) is 18.4 Å². The van der Waals surface area contributed by atoms with Gasteiger partial charge in [0.2, 0.25) is 5.91 Å². The molecule has 0 saturated carbocycles. The van der Waals surface area contributed by atoms with Crippen molar-refractivity contribution in [3.8, 4) is 17.2 Å². The van der Waals surface area contributed by atoms with Crippen molar-refractivity contribution in [3.05, 3.63) is 100 Å². The maximum absolute atomic E-state index is 14.1. The first-order chi connectivity index (χ1) is 19.9. The highest BCUT2D eigenvalue weighted by Gasteiger charge is 2.34. The third kappa shape index (κ3) is 6.14. The van der Waals surface area contributed by atoms with E-state index in [4.69, 9.17) is 24.5 Å². The van der Waals surface area contributed by atoms with E-state index in [1.807, 2.05) is 42.2 Å². The molecule has 2 heterocycles. The van der Waals surface area contributed by atoms with Crippen LogP contribution >= 0.6 is 0 Å². The Morgan fingerprint density at radius 2 is 1.85 bits per heavy atom. The molecular formula is C32H34FN3O5. The fourth-order valence-corrected chi connectivity index (χ4v) is 5.38. The molecule has 1 unspecified atom stereocenters. The monoisotopic (exact) mass is 559 g/mol. The van der Waals surface area contributed by atoms with E-state index < -0.39 is 6.04 Å². The summed E-state index contributed by atoms with van der Waals surface area (Å²) >= 11 is 0. The van der Waals surface area contributed by atoms with E-state index in [-0.39, 0.29) is 18.1 Å². The number of nitrogen functional groups attached to an aromatic ring is 1. The molecule has 0 aliphatic carbocycles. The SMILES string of the molecule is COc1cc(CCOc2cc3c(cc2OC)CCN(C(=O)CCc2ccon2)C3c2ccc(F)cc2C)ccc1N. The number of methoxy groups -OCH3 is 2. The number of aromatic nitrogens is 1. The Hall–Kier alpha value is -4.53. The topological polar surface area (TPSA) is 100 Å². The molecule has 3 aromatic carbocycles. The number of ether oxygens (including phenoxy) is 3. The van der Waals surface area contributed by atoms with Gasteiger partial charge in [0, 0.05) is 31.9 Å². The van der Waals surface area contributed by atoms with Crippen molar-refractivity contribution in [1.29, 1.82) is 0 Å². The number of carbonyl (C=O) groups is 1. The molecule has 41 heavy (non-hydrogen) atoms. The van der Waals surface area contributed by atoms with Crippen molar-refractivity contribution in [1.82, 2.24) is 10.1 Å². The number of rotatable bonds is 10. The second kappa shape index (κ2) is 12.3. The average molecular weight is 560 g/mol. The molecule has 1 aliphatic rings. The van der Waals surface area contributed by atoms with Crippen LogP contribution in [-0.2, 0) is 24.1 Å². The van der Waals surface area contributed by atoms with Crippen LogP contribution in [0.15, 0.2) is 65.4 Å². The summed E-state index contributed by atoms with van der Waals surface area (Å²) in [7, 11) is 3.20. The Morgan fingerprint density at radius 1 is 1.02 bits per heavy atom. The van der Waals surface area contributed by atoms with Gasteiger partial charge in [-0.2, -0.15) is 0 Å². The zero-order chi connectivity index (χ0) is 28.9. The highest BCUT2D eigenvalue weighted by Crippen LogP contribution is 2.42. The van der Waals surface area contributed by atoms with Crippen molar-refractivity contribution in [2.75, 3.05) is 33.1 Å². The van der Waals surface area contributed by atoms with Gasteiger partial charge in [-0.05, 0) is 77.6 Å². The molecule has 5 rings (SSSR count). The van der Waals surface area contributed by atoms with Crippen LogP contribution < -0.4 is 19.9 Å². The van der Waals surface area contributed by atoms with Crippen LogP contribution in [0.4, 0.5) is 10.1 Å². The molecule has 0 bridgehead atoms. The number of nitrogens with zero attached hydrogens (tertiary/aromatic N) is 2. The molecule has 1 amide bonds. The first kappa shape index (κ1) is 28.0. The van der Waals surface area contributed by atoms with Crippen molar-refractivity contribution in [2.45, 2.75) is 38.6 Å². The molecule has 1 aromatic heterocycles. The maximum Gasteiger partial charge on any atom is 0.223 e. The third-order valence-electron chi connectivity index (χ3n) is 7.53. The Labute approximate surface area is 238 Å². The Morgan fingerprint density at radius 3 is 2.59 bits per heavy atom. The minimum atomic E-state index is -0.404. The van der Waals surface area contributed by atoms with Gasteiger partial charge in [-0.3, -0.25) is 4.79 Å². The number of carbonyl (C=O) groups excluding carboxylic acids is 1. The van der Waals surface area contributed by atoms with Gasteiger partial charge < -0.3 is 29.4 Å². The molecule has 8 nitrogen and oxygen atoms in total. The van der Waals surface area contributed by atoms with Crippen LogP contribution in [0, 0.1) is 12.7 Å². The summed E-state index contributed by atoms with van der Waals surface area (Å²) in [6, 6.07) is 15.7. The molecule has 0 spiro atoms. The second-order valence-corrected chi connectivity index (χ2v) is 10.1. The Balaban J connectivity index is 1.45. The zero-order valence-corrected chi connectivity index (χ0v) is 23.5. The van der Waals surface area contributed by atoms with Gasteiger partial charge >= 0.3 is 0 Å². The maximum atomic E-state index is 14.1. The average Bonchev–Trinajstić information content (AvgIpc) is 3.50. The number of aryl methyl sites for hydroxylation is 2. The number of nitrogens with two attached hydrogens (primary N) is 1. The summed E-state index contributed by atoms with van der Waals surface area (Å²) in [4.78, 5) is 15.5. The van der Waals surface area contributed by atoms with Gasteiger partial charge in [-0.15, -0.1) is 0 Å². The fraction of sp³-hybridized carbons (Fsp3) is 0.312. The Bertz CT molecular complexity index is 1520. The first-order valence-corrected chi connectivity index (χ1v) is 13.6. The van der Waals surface area contributed by atoms with E-state index >= 15 is 0 Å². The van der Waals surface area contributed by atoms with Gasteiger partial charge in [0.05, 0.1) is 38.2 Å². The van der Waals surface area contributed by atoms with E-state index in [0.717, 1.165) is 33.5 Å². The lowest BCUT2D eigenvalue weighted by Crippen LogP contribution is -2.41. The highest BCUT2D eigenvalue weighted by molar-refractivity contribution is 5.78. The summed E-state index contributed by atoms with van der Waals surface area (Å²) in [6.45, 7) is 2.78. The molecule has 2 N–H and O–H groups in total. The molecule has 9 heteroatoms. The van der Waals surface area contributed by atoms with Crippen molar-refractivity contribution >= 4 is 11.6 Å². The molecule has 0 fully saturated rings. The number of hydrogen-bond acceptors (Lipinski definition) is 7. The van der Waals surface area contributed by atoms with Crippen LogP contribution in [-0.4, -0.2) is 43.3 Å². The number of benzene rings is 3. The standard InChI is InChI=1S/C32H34FN3O5/c1-20-16-23(33)5-7-25(20)32-26-19-30(40-14-11-21-4-8-27(34)28(17-21)38-2)29(39-3)18-22(26)10-13-36(32)31(37)9-6-24-12-15-41-35-24/h4-5,7-8,12,15-19,32H,6,9-11,13-14,34H2,1-3H3. The minimum Gasteiger partial charge on any atom is -0.495 e.